The van der Waals surface area contributed by atoms with E-state index in [4.69, 9.17) is 0 Å². The molecule has 22 heavy (non-hydrogen) atoms. The Kier molecular flexibility index (Phi) is 4.82. The topological polar surface area (TPSA) is 110 Å². The number of aromatic nitrogens is 4. The number of hydrogen-bond donors (Lipinski definition) is 2. The molecular formula is C14H17N5O3. The number of carboxylic acid groups (broad SMARTS) is 1. The van der Waals surface area contributed by atoms with Crippen LogP contribution in [-0.2, 0) is 4.79 Å². The van der Waals surface area contributed by atoms with Crippen molar-refractivity contribution in [1.29, 1.82) is 0 Å². The van der Waals surface area contributed by atoms with Gasteiger partial charge in [-0.15, -0.1) is 5.10 Å². The first kappa shape index (κ1) is 15.6. The first-order valence-electron chi connectivity index (χ1n) is 6.90. The van der Waals surface area contributed by atoms with Crippen LogP contribution in [0.5, 0.6) is 0 Å². The number of nitrogens with one attached hydrogen (secondary N) is 1. The number of benzene rings is 1. The average Bonchev–Trinajstić information content (AvgIpc) is 3.06. The van der Waals surface area contributed by atoms with Crippen LogP contribution in [0.2, 0.25) is 0 Å². The Morgan fingerprint density at radius 1 is 1.41 bits per heavy atom. The maximum absolute atomic E-state index is 12.3. The minimum absolute atomic E-state index is 0.163. The van der Waals surface area contributed by atoms with E-state index in [2.05, 4.69) is 20.8 Å². The molecule has 8 heteroatoms. The number of hydrogen-bond acceptors (Lipinski definition) is 5. The summed E-state index contributed by atoms with van der Waals surface area (Å²) < 4.78 is 1.42. The molecule has 0 saturated carbocycles. The highest BCUT2D eigenvalue weighted by Gasteiger charge is 2.25. The predicted octanol–water partition coefficient (Wildman–Crippen LogP) is 0.891. The van der Waals surface area contributed by atoms with E-state index in [1.807, 2.05) is 6.92 Å². The number of nitrogens with zero attached hydrogens (tertiary/aromatic N) is 4. The predicted molar refractivity (Wildman–Crippen MR) is 77.5 cm³/mol. The van der Waals surface area contributed by atoms with Crippen LogP contribution in [0.15, 0.2) is 30.6 Å². The van der Waals surface area contributed by atoms with Crippen molar-refractivity contribution in [3.05, 3.63) is 36.2 Å². The zero-order valence-corrected chi connectivity index (χ0v) is 12.3. The summed E-state index contributed by atoms with van der Waals surface area (Å²) in [4.78, 5) is 23.5. The second-order valence-electron chi connectivity index (χ2n) is 4.98. The van der Waals surface area contributed by atoms with Gasteiger partial charge < -0.3 is 10.4 Å². The minimum Gasteiger partial charge on any atom is -0.480 e. The summed E-state index contributed by atoms with van der Waals surface area (Å²) >= 11 is 0. The van der Waals surface area contributed by atoms with Gasteiger partial charge in [-0.2, -0.15) is 0 Å². The Bertz CT molecular complexity index is 656. The molecule has 116 valence electrons. The summed E-state index contributed by atoms with van der Waals surface area (Å²) in [5.41, 5.74) is 0.968. The van der Waals surface area contributed by atoms with E-state index in [0.717, 1.165) is 0 Å². The summed E-state index contributed by atoms with van der Waals surface area (Å²) in [7, 11) is 0. The van der Waals surface area contributed by atoms with Crippen LogP contribution in [-0.4, -0.2) is 43.2 Å². The van der Waals surface area contributed by atoms with Gasteiger partial charge in [-0.05, 0) is 34.5 Å². The fraction of sp³-hybridized carbons (Fsp3) is 0.357. The molecule has 0 aliphatic heterocycles. The standard InChI is InChI=1S/C14H17N5O3/c1-3-9(2)12(14(21)22)16-13(20)10-5-4-6-11(7-10)19-8-15-17-18-19/h4-9,12H,3H2,1-2H3,(H,16,20)(H,21,22)/t9-,12-/m0/s1. The van der Waals surface area contributed by atoms with Crippen LogP contribution in [0.4, 0.5) is 0 Å². The Morgan fingerprint density at radius 2 is 2.18 bits per heavy atom. The van der Waals surface area contributed by atoms with Gasteiger partial charge in [-0.25, -0.2) is 9.48 Å². The van der Waals surface area contributed by atoms with Crippen LogP contribution >= 0.6 is 0 Å². The van der Waals surface area contributed by atoms with Crippen molar-refractivity contribution in [1.82, 2.24) is 25.5 Å². The number of carbonyl (C=O) groups is 2. The highest BCUT2D eigenvalue weighted by Crippen LogP contribution is 2.12. The largest absolute Gasteiger partial charge is 0.480 e. The molecule has 0 aliphatic carbocycles. The highest BCUT2D eigenvalue weighted by molar-refractivity contribution is 5.97. The first-order valence-corrected chi connectivity index (χ1v) is 6.90. The van der Waals surface area contributed by atoms with Crippen molar-refractivity contribution in [2.24, 2.45) is 5.92 Å². The number of tetrazole rings is 1. The van der Waals surface area contributed by atoms with Crippen molar-refractivity contribution < 1.29 is 14.7 Å². The monoisotopic (exact) mass is 303 g/mol. The van der Waals surface area contributed by atoms with E-state index in [9.17, 15) is 14.7 Å². The van der Waals surface area contributed by atoms with Crippen LogP contribution < -0.4 is 5.32 Å². The van der Waals surface area contributed by atoms with Crippen LogP contribution in [0.3, 0.4) is 0 Å². The SMILES string of the molecule is CC[C@H](C)[C@H](NC(=O)c1cccc(-n2cnnn2)c1)C(=O)O. The summed E-state index contributed by atoms with van der Waals surface area (Å²) in [5.74, 6) is -1.65. The summed E-state index contributed by atoms with van der Waals surface area (Å²) in [6, 6.07) is 5.72. The first-order chi connectivity index (χ1) is 10.5. The molecule has 2 atom stereocenters. The van der Waals surface area contributed by atoms with Crippen molar-refractivity contribution in [2.45, 2.75) is 26.3 Å². The molecule has 1 heterocycles. The molecule has 8 nitrogen and oxygen atoms in total. The molecule has 0 spiro atoms. The maximum Gasteiger partial charge on any atom is 0.326 e. The maximum atomic E-state index is 12.3. The third-order valence-electron chi connectivity index (χ3n) is 3.49. The molecule has 0 bridgehead atoms. The molecule has 2 N–H and O–H groups in total. The van der Waals surface area contributed by atoms with Gasteiger partial charge in [-0.3, -0.25) is 4.79 Å². The molecule has 0 radical (unpaired) electrons. The van der Waals surface area contributed by atoms with Crippen molar-refractivity contribution in [2.75, 3.05) is 0 Å². The Hall–Kier alpha value is -2.77. The molecule has 1 aromatic carbocycles. The van der Waals surface area contributed by atoms with Gasteiger partial charge in [0.2, 0.25) is 0 Å². The number of aliphatic carboxylic acids is 1. The van der Waals surface area contributed by atoms with E-state index in [1.54, 1.807) is 31.2 Å². The molecule has 1 aromatic heterocycles. The Labute approximate surface area is 127 Å². The van der Waals surface area contributed by atoms with Gasteiger partial charge in [0, 0.05) is 5.56 Å². The summed E-state index contributed by atoms with van der Waals surface area (Å²) in [6.45, 7) is 3.67. The molecule has 2 rings (SSSR count). The lowest BCUT2D eigenvalue weighted by Gasteiger charge is -2.20. The minimum atomic E-state index is -1.04. The lowest BCUT2D eigenvalue weighted by Crippen LogP contribution is -2.45. The normalized spacial score (nSPS) is 13.4. The van der Waals surface area contributed by atoms with Gasteiger partial charge in [0.1, 0.15) is 12.4 Å². The van der Waals surface area contributed by atoms with E-state index in [0.29, 0.717) is 17.7 Å². The zero-order chi connectivity index (χ0) is 16.1. The number of amides is 1. The van der Waals surface area contributed by atoms with Crippen LogP contribution in [0.1, 0.15) is 30.6 Å². The highest BCUT2D eigenvalue weighted by atomic mass is 16.4. The average molecular weight is 303 g/mol. The van der Waals surface area contributed by atoms with Gasteiger partial charge in [-0.1, -0.05) is 26.3 Å². The van der Waals surface area contributed by atoms with E-state index in [-0.39, 0.29) is 5.92 Å². The van der Waals surface area contributed by atoms with Crippen molar-refractivity contribution in [3.8, 4) is 5.69 Å². The summed E-state index contributed by atoms with van der Waals surface area (Å²) in [6.07, 6.45) is 2.07. The summed E-state index contributed by atoms with van der Waals surface area (Å²) in [5, 5.41) is 22.6. The zero-order valence-electron chi connectivity index (χ0n) is 12.3. The van der Waals surface area contributed by atoms with Crippen LogP contribution in [0, 0.1) is 5.92 Å². The molecule has 0 fully saturated rings. The fourth-order valence-corrected chi connectivity index (χ4v) is 1.98. The number of carboxylic acids is 1. The molecule has 1 amide bonds. The van der Waals surface area contributed by atoms with Crippen molar-refractivity contribution >= 4 is 11.9 Å². The molecule has 0 saturated heterocycles. The lowest BCUT2D eigenvalue weighted by atomic mass is 9.99. The van der Waals surface area contributed by atoms with Gasteiger partial charge in [0.05, 0.1) is 5.69 Å². The fourth-order valence-electron chi connectivity index (χ4n) is 1.98. The van der Waals surface area contributed by atoms with Gasteiger partial charge >= 0.3 is 5.97 Å². The van der Waals surface area contributed by atoms with Gasteiger partial charge in [0.25, 0.3) is 5.91 Å². The third-order valence-corrected chi connectivity index (χ3v) is 3.49. The number of carbonyl (C=O) groups excluding carboxylic acids is 1. The smallest absolute Gasteiger partial charge is 0.326 e. The molecular weight excluding hydrogens is 286 g/mol. The van der Waals surface area contributed by atoms with Gasteiger partial charge in [0.15, 0.2) is 0 Å². The molecule has 0 unspecified atom stereocenters. The second kappa shape index (κ2) is 6.79. The van der Waals surface area contributed by atoms with Crippen molar-refractivity contribution in [3.63, 3.8) is 0 Å². The molecule has 0 aliphatic rings. The van der Waals surface area contributed by atoms with E-state index >= 15 is 0 Å². The van der Waals surface area contributed by atoms with Crippen LogP contribution in [0.25, 0.3) is 5.69 Å². The van der Waals surface area contributed by atoms with E-state index < -0.39 is 17.9 Å². The quantitative estimate of drug-likeness (QED) is 0.820. The molecule has 2 aromatic rings. The Balaban J connectivity index is 2.19. The Morgan fingerprint density at radius 3 is 2.77 bits per heavy atom. The van der Waals surface area contributed by atoms with E-state index in [1.165, 1.54) is 11.0 Å². The second-order valence-corrected chi connectivity index (χ2v) is 4.98. The number of rotatable bonds is 6. The third kappa shape index (κ3) is 3.46. The lowest BCUT2D eigenvalue weighted by molar-refractivity contribution is -0.140.